The zero-order valence-electron chi connectivity index (χ0n) is 9.58. The fraction of sp³-hybridized carbons (Fsp3) is 0.818. The van der Waals surface area contributed by atoms with Gasteiger partial charge in [0.25, 0.3) is 0 Å². The van der Waals surface area contributed by atoms with E-state index in [4.69, 9.17) is 10.5 Å². The van der Waals surface area contributed by atoms with E-state index in [1.165, 1.54) is 0 Å². The lowest BCUT2D eigenvalue weighted by Gasteiger charge is -2.27. The van der Waals surface area contributed by atoms with Gasteiger partial charge in [-0.05, 0) is 33.6 Å². The summed E-state index contributed by atoms with van der Waals surface area (Å²) in [6, 6.07) is 0. The van der Waals surface area contributed by atoms with Crippen LogP contribution in [0.3, 0.4) is 0 Å². The molecule has 0 radical (unpaired) electrons. The van der Waals surface area contributed by atoms with Crippen LogP contribution in [0.2, 0.25) is 0 Å². The highest BCUT2D eigenvalue weighted by atomic mass is 16.6. The monoisotopic (exact) mass is 213 g/mol. The van der Waals surface area contributed by atoms with Crippen molar-refractivity contribution in [2.45, 2.75) is 51.2 Å². The molecule has 86 valence electrons. The Bertz CT molecular complexity index is 269. The molecule has 4 heteroatoms. The Balaban J connectivity index is 2.72. The second-order valence-electron chi connectivity index (χ2n) is 5.21. The van der Waals surface area contributed by atoms with Crippen molar-refractivity contribution < 1.29 is 14.3 Å². The molecule has 0 aromatic heterocycles. The van der Waals surface area contributed by atoms with Crippen molar-refractivity contribution in [1.82, 2.24) is 0 Å². The molecule has 0 spiro atoms. The minimum atomic E-state index is -1.01. The first kappa shape index (κ1) is 12.2. The van der Waals surface area contributed by atoms with E-state index in [1.54, 1.807) is 20.8 Å². The fourth-order valence-electron chi connectivity index (χ4n) is 1.91. The summed E-state index contributed by atoms with van der Waals surface area (Å²) < 4.78 is 5.24. The maximum atomic E-state index is 11.8. The van der Waals surface area contributed by atoms with E-state index >= 15 is 0 Å². The number of carbonyl (C=O) groups is 2. The first-order valence-electron chi connectivity index (χ1n) is 5.26. The largest absolute Gasteiger partial charge is 0.460 e. The second kappa shape index (κ2) is 3.93. The van der Waals surface area contributed by atoms with Crippen molar-refractivity contribution in [1.29, 1.82) is 0 Å². The van der Waals surface area contributed by atoms with E-state index in [2.05, 4.69) is 0 Å². The Kier molecular flexibility index (Phi) is 3.19. The molecule has 1 fully saturated rings. The lowest BCUT2D eigenvalue weighted by molar-refractivity contribution is -0.162. The number of hydrogen-bond acceptors (Lipinski definition) is 4. The predicted octanol–water partition coefficient (Wildman–Crippen LogP) is 1.02. The van der Waals surface area contributed by atoms with Gasteiger partial charge in [0.15, 0.2) is 0 Å². The SMILES string of the molecule is CC(C)(C)OC(=O)[C@@H]1CCC[C@@]1(N)C=O. The van der Waals surface area contributed by atoms with Gasteiger partial charge in [0, 0.05) is 0 Å². The van der Waals surface area contributed by atoms with E-state index in [0.717, 1.165) is 6.42 Å². The molecule has 0 unspecified atom stereocenters. The van der Waals surface area contributed by atoms with Crippen LogP contribution in [0, 0.1) is 5.92 Å². The molecule has 2 atom stereocenters. The van der Waals surface area contributed by atoms with Crippen molar-refractivity contribution in [2.75, 3.05) is 0 Å². The van der Waals surface area contributed by atoms with E-state index in [9.17, 15) is 9.59 Å². The van der Waals surface area contributed by atoms with Crippen LogP contribution in [-0.4, -0.2) is 23.4 Å². The minimum Gasteiger partial charge on any atom is -0.460 e. The van der Waals surface area contributed by atoms with E-state index < -0.39 is 17.1 Å². The standard InChI is InChI=1S/C11H19NO3/c1-10(2,3)15-9(14)8-5-4-6-11(8,12)7-13/h7-8H,4-6,12H2,1-3H3/t8-,11+/m0/s1. The fourth-order valence-corrected chi connectivity index (χ4v) is 1.91. The van der Waals surface area contributed by atoms with E-state index in [0.29, 0.717) is 19.1 Å². The average molecular weight is 213 g/mol. The van der Waals surface area contributed by atoms with Crippen molar-refractivity contribution in [3.8, 4) is 0 Å². The third-order valence-corrected chi connectivity index (χ3v) is 2.66. The van der Waals surface area contributed by atoms with Crippen molar-refractivity contribution in [2.24, 2.45) is 11.7 Å². The maximum Gasteiger partial charge on any atom is 0.311 e. The smallest absolute Gasteiger partial charge is 0.311 e. The zero-order valence-corrected chi connectivity index (χ0v) is 9.58. The quantitative estimate of drug-likeness (QED) is 0.549. The summed E-state index contributed by atoms with van der Waals surface area (Å²) >= 11 is 0. The number of hydrogen-bond donors (Lipinski definition) is 1. The molecule has 4 nitrogen and oxygen atoms in total. The highest BCUT2D eigenvalue weighted by Crippen LogP contribution is 2.34. The highest BCUT2D eigenvalue weighted by Gasteiger charge is 2.45. The Hall–Kier alpha value is -0.900. The van der Waals surface area contributed by atoms with E-state index in [-0.39, 0.29) is 5.97 Å². The minimum absolute atomic E-state index is 0.352. The number of carbonyl (C=O) groups excluding carboxylic acids is 2. The molecule has 0 aromatic rings. The van der Waals surface area contributed by atoms with Gasteiger partial charge in [-0.1, -0.05) is 6.42 Å². The van der Waals surface area contributed by atoms with E-state index in [1.807, 2.05) is 0 Å². The highest BCUT2D eigenvalue weighted by molar-refractivity contribution is 5.82. The zero-order chi connectivity index (χ0) is 11.7. The Morgan fingerprint density at radius 2 is 2.13 bits per heavy atom. The summed E-state index contributed by atoms with van der Waals surface area (Å²) in [6.45, 7) is 5.41. The first-order valence-corrected chi connectivity index (χ1v) is 5.26. The van der Waals surface area contributed by atoms with Crippen molar-refractivity contribution >= 4 is 12.3 Å². The molecule has 1 saturated carbocycles. The number of ether oxygens (including phenoxy) is 1. The Morgan fingerprint density at radius 1 is 1.53 bits per heavy atom. The normalized spacial score (nSPS) is 31.3. The van der Waals surface area contributed by atoms with Gasteiger partial charge in [-0.3, -0.25) is 4.79 Å². The number of aldehydes is 1. The van der Waals surface area contributed by atoms with Gasteiger partial charge in [0.05, 0.1) is 11.5 Å². The van der Waals surface area contributed by atoms with Crippen LogP contribution < -0.4 is 5.73 Å². The van der Waals surface area contributed by atoms with Crippen LogP contribution in [-0.2, 0) is 14.3 Å². The summed E-state index contributed by atoms with van der Waals surface area (Å²) in [5.41, 5.74) is 4.32. The molecule has 0 heterocycles. The van der Waals surface area contributed by atoms with Gasteiger partial charge in [-0.2, -0.15) is 0 Å². The summed E-state index contributed by atoms with van der Waals surface area (Å²) in [4.78, 5) is 22.7. The van der Waals surface area contributed by atoms with Crippen LogP contribution in [0.1, 0.15) is 40.0 Å². The third kappa shape index (κ3) is 2.78. The Labute approximate surface area is 90.2 Å². The molecule has 1 aliphatic carbocycles. The molecule has 1 aliphatic rings. The molecule has 2 N–H and O–H groups in total. The third-order valence-electron chi connectivity index (χ3n) is 2.66. The Morgan fingerprint density at radius 3 is 2.60 bits per heavy atom. The molecular formula is C11H19NO3. The molecule has 0 amide bonds. The van der Waals surface area contributed by atoms with Crippen LogP contribution in [0.25, 0.3) is 0 Å². The number of nitrogens with two attached hydrogens (primary N) is 1. The van der Waals surface area contributed by atoms with Gasteiger partial charge in [-0.15, -0.1) is 0 Å². The van der Waals surface area contributed by atoms with Crippen molar-refractivity contribution in [3.63, 3.8) is 0 Å². The van der Waals surface area contributed by atoms with Gasteiger partial charge in [0.2, 0.25) is 0 Å². The summed E-state index contributed by atoms with van der Waals surface area (Å²) in [5, 5.41) is 0. The summed E-state index contributed by atoms with van der Waals surface area (Å²) in [5.74, 6) is -0.830. The lowest BCUT2D eigenvalue weighted by atomic mass is 9.89. The molecular weight excluding hydrogens is 194 g/mol. The van der Waals surface area contributed by atoms with Crippen LogP contribution in [0.4, 0.5) is 0 Å². The molecule has 0 aliphatic heterocycles. The van der Waals surface area contributed by atoms with Gasteiger partial charge >= 0.3 is 5.97 Å². The van der Waals surface area contributed by atoms with Gasteiger partial charge < -0.3 is 15.3 Å². The number of rotatable bonds is 2. The molecule has 0 aromatic carbocycles. The molecule has 0 bridgehead atoms. The van der Waals surface area contributed by atoms with Crippen LogP contribution in [0.5, 0.6) is 0 Å². The maximum absolute atomic E-state index is 11.8. The summed E-state index contributed by atoms with van der Waals surface area (Å²) in [7, 11) is 0. The molecule has 0 saturated heterocycles. The number of esters is 1. The first-order chi connectivity index (χ1) is 6.78. The summed E-state index contributed by atoms with van der Waals surface area (Å²) in [6.07, 6.45) is 2.71. The van der Waals surface area contributed by atoms with Crippen LogP contribution >= 0.6 is 0 Å². The van der Waals surface area contributed by atoms with Gasteiger partial charge in [-0.25, -0.2) is 0 Å². The lowest BCUT2D eigenvalue weighted by Crippen LogP contribution is -2.49. The average Bonchev–Trinajstić information content (AvgIpc) is 2.45. The second-order valence-corrected chi connectivity index (χ2v) is 5.21. The molecule has 15 heavy (non-hydrogen) atoms. The van der Waals surface area contributed by atoms with Gasteiger partial charge in [0.1, 0.15) is 11.9 Å². The molecule has 1 rings (SSSR count). The predicted molar refractivity (Wildman–Crippen MR) is 56.2 cm³/mol. The topological polar surface area (TPSA) is 69.4 Å². The van der Waals surface area contributed by atoms with Crippen molar-refractivity contribution in [3.05, 3.63) is 0 Å². The van der Waals surface area contributed by atoms with Crippen LogP contribution in [0.15, 0.2) is 0 Å².